The van der Waals surface area contributed by atoms with Crippen LogP contribution in [-0.2, 0) is 12.0 Å². The second-order valence-electron chi connectivity index (χ2n) is 11.2. The van der Waals surface area contributed by atoms with Crippen LogP contribution < -0.4 is 4.90 Å². The Morgan fingerprint density at radius 2 is 1.18 bits per heavy atom. The summed E-state index contributed by atoms with van der Waals surface area (Å²) in [6.07, 6.45) is 0. The Morgan fingerprint density at radius 3 is 1.77 bits per heavy atom. The Labute approximate surface area is 229 Å². The number of amides is 1. The van der Waals surface area contributed by atoms with Crippen LogP contribution in [0.3, 0.4) is 0 Å². The highest BCUT2D eigenvalue weighted by molar-refractivity contribution is 6.01. The molecule has 2 heterocycles. The fourth-order valence-corrected chi connectivity index (χ4v) is 7.23. The molecule has 3 aliphatic rings. The molecule has 0 aromatic heterocycles. The molecule has 0 radical (unpaired) electrons. The highest BCUT2D eigenvalue weighted by Crippen LogP contribution is 2.63. The van der Waals surface area contributed by atoms with Gasteiger partial charge in [-0.25, -0.2) is 0 Å². The molecular formula is C36H28N2O. The number of carbonyl (C=O) groups excluding carboxylic acids is 1. The monoisotopic (exact) mass is 504 g/mol. The highest BCUT2D eigenvalue weighted by Gasteiger charge is 2.51. The lowest BCUT2D eigenvalue weighted by Gasteiger charge is -2.45. The molecular weight excluding hydrogens is 476 g/mol. The van der Waals surface area contributed by atoms with Crippen molar-refractivity contribution < 1.29 is 4.79 Å². The number of benzene rings is 5. The molecule has 5 aromatic rings. The second kappa shape index (κ2) is 7.70. The largest absolute Gasteiger partial charge is 0.337 e. The van der Waals surface area contributed by atoms with E-state index in [2.05, 4.69) is 122 Å². The Balaban J connectivity index is 1.50. The van der Waals surface area contributed by atoms with Gasteiger partial charge in [-0.2, -0.15) is 0 Å². The number of nitrogens with zero attached hydrogens (tertiary/aromatic N) is 2. The lowest BCUT2D eigenvalue weighted by atomic mass is 9.64. The molecule has 5 aromatic carbocycles. The summed E-state index contributed by atoms with van der Waals surface area (Å²) in [7, 11) is 1.87. The van der Waals surface area contributed by atoms with Crippen molar-refractivity contribution in [2.45, 2.75) is 25.8 Å². The molecule has 2 aliphatic heterocycles. The second-order valence-corrected chi connectivity index (χ2v) is 11.2. The van der Waals surface area contributed by atoms with Crippen LogP contribution in [-0.4, -0.2) is 17.9 Å². The minimum atomic E-state index is -0.431. The summed E-state index contributed by atoms with van der Waals surface area (Å²) < 4.78 is 0. The predicted molar refractivity (Wildman–Crippen MR) is 157 cm³/mol. The Kier molecular flexibility index (Phi) is 4.42. The van der Waals surface area contributed by atoms with E-state index < -0.39 is 5.41 Å². The third kappa shape index (κ3) is 2.80. The molecule has 0 bridgehead atoms. The Bertz CT molecular complexity index is 1770. The molecule has 0 N–H and O–H groups in total. The zero-order valence-corrected chi connectivity index (χ0v) is 22.3. The van der Waals surface area contributed by atoms with Crippen molar-refractivity contribution in [1.29, 1.82) is 0 Å². The van der Waals surface area contributed by atoms with E-state index in [4.69, 9.17) is 0 Å². The van der Waals surface area contributed by atoms with E-state index in [-0.39, 0.29) is 5.91 Å². The third-order valence-corrected chi connectivity index (χ3v) is 8.88. The number of hydrogen-bond acceptors (Lipinski definition) is 2. The lowest BCUT2D eigenvalue weighted by Crippen LogP contribution is -2.36. The van der Waals surface area contributed by atoms with Crippen molar-refractivity contribution in [3.63, 3.8) is 0 Å². The molecule has 3 heteroatoms. The standard InChI is InChI=1S/C36H28N2O/c1-22-12-16-33-31(18-22)36(29-10-6-4-8-26(29)27-9-5-7-11-30(27)36)32-19-23(2)13-17-34(32)38(33)25-15-14-24-21-37(3)35(39)28(24)20-25/h4-20H,21H2,1-3H3. The maximum atomic E-state index is 13.0. The molecule has 0 saturated heterocycles. The van der Waals surface area contributed by atoms with E-state index in [1.165, 1.54) is 44.5 Å². The molecule has 1 amide bonds. The van der Waals surface area contributed by atoms with E-state index in [1.807, 2.05) is 7.05 Å². The molecule has 0 saturated carbocycles. The van der Waals surface area contributed by atoms with Gasteiger partial charge in [-0.15, -0.1) is 0 Å². The van der Waals surface area contributed by atoms with Gasteiger partial charge in [0.2, 0.25) is 0 Å². The fourth-order valence-electron chi connectivity index (χ4n) is 7.23. The van der Waals surface area contributed by atoms with Crippen LogP contribution >= 0.6 is 0 Å². The zero-order valence-electron chi connectivity index (χ0n) is 22.3. The van der Waals surface area contributed by atoms with Crippen molar-refractivity contribution >= 4 is 23.0 Å². The molecule has 8 rings (SSSR count). The van der Waals surface area contributed by atoms with Crippen LogP contribution in [0, 0.1) is 13.8 Å². The van der Waals surface area contributed by atoms with E-state index in [0.29, 0.717) is 6.54 Å². The van der Waals surface area contributed by atoms with Gasteiger partial charge < -0.3 is 9.80 Å². The fraction of sp³-hybridized carbons (Fsp3) is 0.139. The van der Waals surface area contributed by atoms with E-state index in [0.717, 1.165) is 28.2 Å². The minimum Gasteiger partial charge on any atom is -0.337 e. The van der Waals surface area contributed by atoms with Gasteiger partial charge in [0.1, 0.15) is 0 Å². The molecule has 1 aliphatic carbocycles. The number of rotatable bonds is 1. The highest BCUT2D eigenvalue weighted by atomic mass is 16.2. The number of fused-ring (bicyclic) bond motifs is 10. The Hall–Kier alpha value is -4.63. The molecule has 0 atom stereocenters. The summed E-state index contributed by atoms with van der Waals surface area (Å²) >= 11 is 0. The van der Waals surface area contributed by atoms with Gasteiger partial charge in [-0.3, -0.25) is 4.79 Å². The van der Waals surface area contributed by atoms with Gasteiger partial charge in [0.25, 0.3) is 5.91 Å². The summed E-state index contributed by atoms with van der Waals surface area (Å²) in [5.41, 5.74) is 15.1. The number of carbonyl (C=O) groups is 1. The molecule has 0 unspecified atom stereocenters. The first-order valence-electron chi connectivity index (χ1n) is 13.6. The van der Waals surface area contributed by atoms with Crippen LogP contribution in [0.15, 0.2) is 103 Å². The van der Waals surface area contributed by atoms with E-state index in [1.54, 1.807) is 4.90 Å². The van der Waals surface area contributed by atoms with Crippen molar-refractivity contribution in [2.24, 2.45) is 0 Å². The molecule has 188 valence electrons. The SMILES string of the molecule is Cc1ccc2c(c1)C1(c3ccccc3-c3ccccc31)c1cc(C)ccc1N2c1ccc2c(c1)C(=O)N(C)C2. The average Bonchev–Trinajstić information content (AvgIpc) is 3.41. The van der Waals surface area contributed by atoms with Gasteiger partial charge in [-0.1, -0.05) is 90.0 Å². The zero-order chi connectivity index (χ0) is 26.5. The molecule has 1 spiro atoms. The summed E-state index contributed by atoms with van der Waals surface area (Å²) in [5.74, 6) is 0.0900. The van der Waals surface area contributed by atoms with Gasteiger partial charge in [0, 0.05) is 24.8 Å². The maximum Gasteiger partial charge on any atom is 0.254 e. The maximum absolute atomic E-state index is 13.0. The van der Waals surface area contributed by atoms with Crippen molar-refractivity contribution in [1.82, 2.24) is 4.90 Å². The van der Waals surface area contributed by atoms with Crippen LogP contribution in [0.5, 0.6) is 0 Å². The van der Waals surface area contributed by atoms with Crippen LogP contribution in [0.2, 0.25) is 0 Å². The van der Waals surface area contributed by atoms with E-state index >= 15 is 0 Å². The molecule has 3 nitrogen and oxygen atoms in total. The van der Waals surface area contributed by atoms with Gasteiger partial charge in [0.05, 0.1) is 16.8 Å². The topological polar surface area (TPSA) is 23.6 Å². The third-order valence-electron chi connectivity index (χ3n) is 8.88. The van der Waals surface area contributed by atoms with Crippen LogP contribution in [0.25, 0.3) is 11.1 Å². The first-order valence-corrected chi connectivity index (χ1v) is 13.6. The van der Waals surface area contributed by atoms with Crippen LogP contribution in [0.1, 0.15) is 49.3 Å². The lowest BCUT2D eigenvalue weighted by molar-refractivity contribution is 0.0816. The van der Waals surface area contributed by atoms with Crippen molar-refractivity contribution in [3.8, 4) is 11.1 Å². The predicted octanol–water partition coefficient (Wildman–Crippen LogP) is 8.04. The minimum absolute atomic E-state index is 0.0900. The number of aryl methyl sites for hydroxylation is 2. The van der Waals surface area contributed by atoms with Gasteiger partial charge >= 0.3 is 0 Å². The summed E-state index contributed by atoms with van der Waals surface area (Å²) in [4.78, 5) is 17.2. The first-order chi connectivity index (χ1) is 19.0. The average molecular weight is 505 g/mol. The Morgan fingerprint density at radius 1 is 0.615 bits per heavy atom. The quantitative estimate of drug-likeness (QED) is 0.226. The van der Waals surface area contributed by atoms with Gasteiger partial charge in [0.15, 0.2) is 0 Å². The molecule has 0 fully saturated rings. The smallest absolute Gasteiger partial charge is 0.254 e. The summed E-state index contributed by atoms with van der Waals surface area (Å²) in [5, 5.41) is 0. The first kappa shape index (κ1) is 22.4. The number of anilines is 3. The van der Waals surface area contributed by atoms with Gasteiger partial charge in [-0.05, 0) is 77.1 Å². The summed E-state index contributed by atoms with van der Waals surface area (Å²) in [6.45, 7) is 5.03. The van der Waals surface area contributed by atoms with Crippen molar-refractivity contribution in [3.05, 3.63) is 148 Å². The van der Waals surface area contributed by atoms with Crippen LogP contribution in [0.4, 0.5) is 17.1 Å². The summed E-state index contributed by atoms with van der Waals surface area (Å²) in [6, 6.07) is 37.9. The van der Waals surface area contributed by atoms with E-state index in [9.17, 15) is 4.79 Å². The molecule has 39 heavy (non-hydrogen) atoms. The normalized spacial score (nSPS) is 15.6. The van der Waals surface area contributed by atoms with Crippen molar-refractivity contribution in [2.75, 3.05) is 11.9 Å². The number of hydrogen-bond donors (Lipinski definition) is 0.